The van der Waals surface area contributed by atoms with E-state index in [0.29, 0.717) is 5.66 Å². The first kappa shape index (κ1) is 16.5. The summed E-state index contributed by atoms with van der Waals surface area (Å²) < 4.78 is 0. The predicted molar refractivity (Wildman–Crippen MR) is 103 cm³/mol. The van der Waals surface area contributed by atoms with E-state index in [4.69, 9.17) is 35.0 Å². The van der Waals surface area contributed by atoms with E-state index in [1.165, 1.54) is 32.1 Å². The highest BCUT2D eigenvalue weighted by Crippen LogP contribution is 2.56. The minimum atomic E-state index is -2.01. The second-order valence-corrected chi connectivity index (χ2v) is 11.4. The van der Waals surface area contributed by atoms with E-state index in [9.17, 15) is 0 Å². The van der Waals surface area contributed by atoms with Crippen molar-refractivity contribution in [2.24, 2.45) is 0 Å². The zero-order valence-corrected chi connectivity index (χ0v) is 15.6. The topological polar surface area (TPSA) is 0 Å². The third-order valence-electron chi connectivity index (χ3n) is 4.51. The van der Waals surface area contributed by atoms with Crippen LogP contribution in [0.15, 0.2) is 48.5 Å². The largest absolute Gasteiger partial charge is 0.0872 e. The van der Waals surface area contributed by atoms with Crippen LogP contribution < -0.4 is 10.6 Å². The maximum absolute atomic E-state index is 6.55. The molecule has 0 saturated heterocycles. The van der Waals surface area contributed by atoms with Gasteiger partial charge in [0.1, 0.15) is 0 Å². The predicted octanol–water partition coefficient (Wildman–Crippen LogP) is 5.76. The van der Waals surface area contributed by atoms with Crippen LogP contribution in [0, 0.1) is 0 Å². The third kappa shape index (κ3) is 3.02. The van der Waals surface area contributed by atoms with Crippen LogP contribution in [0.1, 0.15) is 32.1 Å². The summed E-state index contributed by atoms with van der Waals surface area (Å²) in [6.07, 6.45) is 6.22. The van der Waals surface area contributed by atoms with Gasteiger partial charge in [-0.3, -0.25) is 0 Å². The number of benzene rings is 2. The highest BCUT2D eigenvalue weighted by molar-refractivity contribution is 8.22. The third-order valence-corrected chi connectivity index (χ3v) is 11.3. The Labute approximate surface area is 147 Å². The van der Waals surface area contributed by atoms with Crippen molar-refractivity contribution in [1.29, 1.82) is 0 Å². The van der Waals surface area contributed by atoms with Gasteiger partial charge in [0.15, 0.2) is 0 Å². The molecule has 0 spiro atoms. The molecule has 0 heterocycles. The second kappa shape index (κ2) is 7.05. The summed E-state index contributed by atoms with van der Waals surface area (Å²) in [4.78, 5) is 0. The van der Waals surface area contributed by atoms with E-state index in [-0.39, 0.29) is 0 Å². The molecule has 0 aliphatic heterocycles. The molecule has 116 valence electrons. The minimum absolute atomic E-state index is 0.510. The van der Waals surface area contributed by atoms with Gasteiger partial charge in [0.05, 0.1) is 0 Å². The van der Waals surface area contributed by atoms with Crippen molar-refractivity contribution in [2.45, 2.75) is 37.8 Å². The van der Waals surface area contributed by atoms with Crippen molar-refractivity contribution in [3.63, 3.8) is 0 Å². The van der Waals surface area contributed by atoms with Crippen molar-refractivity contribution in [3.05, 3.63) is 58.6 Å². The fourth-order valence-electron chi connectivity index (χ4n) is 3.41. The van der Waals surface area contributed by atoms with E-state index < -0.39 is 6.04 Å². The van der Waals surface area contributed by atoms with Crippen LogP contribution in [0.5, 0.6) is 0 Å². The number of halogens is 2. The monoisotopic (exact) mass is 368 g/mol. The van der Waals surface area contributed by atoms with Gasteiger partial charge in [0.25, 0.3) is 0 Å². The van der Waals surface area contributed by atoms with Gasteiger partial charge in [-0.15, -0.1) is 0 Å². The van der Waals surface area contributed by atoms with E-state index >= 15 is 0 Å². The molecule has 3 rings (SSSR count). The quantitative estimate of drug-likeness (QED) is 0.620. The molecule has 1 aliphatic rings. The molecule has 2 aromatic rings. The molecule has 0 aromatic heterocycles. The number of rotatable bonds is 3. The van der Waals surface area contributed by atoms with Crippen LogP contribution in [0.4, 0.5) is 0 Å². The molecule has 0 radical (unpaired) electrons. The Morgan fingerprint density at radius 3 is 1.68 bits per heavy atom. The molecule has 0 N–H and O–H groups in total. The number of hydrogen-bond donors (Lipinski definition) is 0. The summed E-state index contributed by atoms with van der Waals surface area (Å²) in [5.41, 5.74) is 0.510. The maximum atomic E-state index is 6.55. The van der Waals surface area contributed by atoms with Crippen LogP contribution >= 0.6 is 29.2 Å². The summed E-state index contributed by atoms with van der Waals surface area (Å²) in [5, 5.41) is 3.84. The summed E-state index contributed by atoms with van der Waals surface area (Å²) >= 11 is 19.5. The van der Waals surface area contributed by atoms with Gasteiger partial charge >= 0.3 is 0 Å². The lowest BCUT2D eigenvalue weighted by atomic mass is 10.0. The minimum Gasteiger partial charge on any atom is -0.0872 e. The maximum Gasteiger partial charge on any atom is 0.0493 e. The molecule has 1 aliphatic carbocycles. The highest BCUT2D eigenvalue weighted by atomic mass is 35.5. The lowest BCUT2D eigenvalue weighted by Gasteiger charge is -2.35. The van der Waals surface area contributed by atoms with Gasteiger partial charge < -0.3 is 0 Å². The van der Waals surface area contributed by atoms with Crippen LogP contribution in [-0.4, -0.2) is 5.66 Å². The van der Waals surface area contributed by atoms with Crippen LogP contribution in [0.25, 0.3) is 0 Å². The average Bonchev–Trinajstić information content (AvgIpc) is 2.56. The van der Waals surface area contributed by atoms with Crippen molar-refractivity contribution >= 4 is 51.7 Å². The molecule has 1 saturated carbocycles. The normalized spacial score (nSPS) is 16.6. The van der Waals surface area contributed by atoms with Gasteiger partial charge in [-0.2, -0.15) is 0 Å². The lowest BCUT2D eigenvalue weighted by Crippen LogP contribution is -2.28. The van der Waals surface area contributed by atoms with Gasteiger partial charge in [-0.1, -0.05) is 90.7 Å². The Morgan fingerprint density at radius 2 is 1.23 bits per heavy atom. The SMILES string of the molecule is S=P(c1ccccc1Cl)(c1ccccc1Cl)C1CCCCC1. The van der Waals surface area contributed by atoms with Crippen LogP contribution in [-0.2, 0) is 11.8 Å². The molecule has 2 aromatic carbocycles. The first-order valence-corrected chi connectivity index (χ1v) is 11.4. The Morgan fingerprint density at radius 1 is 0.773 bits per heavy atom. The summed E-state index contributed by atoms with van der Waals surface area (Å²) in [6.45, 7) is 0. The molecule has 1 fully saturated rings. The molecule has 0 atom stereocenters. The highest BCUT2D eigenvalue weighted by Gasteiger charge is 2.35. The fourth-order valence-corrected chi connectivity index (χ4v) is 9.91. The molecule has 0 unspecified atom stereocenters. The van der Waals surface area contributed by atoms with Gasteiger partial charge in [0.2, 0.25) is 0 Å². The van der Waals surface area contributed by atoms with E-state index in [0.717, 1.165) is 20.7 Å². The Hall–Kier alpha value is -0.330. The molecule has 0 nitrogen and oxygen atoms in total. The van der Waals surface area contributed by atoms with E-state index in [1.807, 2.05) is 36.4 Å². The summed E-state index contributed by atoms with van der Waals surface area (Å²) in [5.74, 6) is 0. The Kier molecular flexibility index (Phi) is 5.30. The smallest absolute Gasteiger partial charge is 0.0493 e. The van der Waals surface area contributed by atoms with Gasteiger partial charge in [-0.25, -0.2) is 0 Å². The van der Waals surface area contributed by atoms with E-state index in [1.54, 1.807) is 0 Å². The molecular formula is C18H19Cl2PS. The molecule has 0 amide bonds. The molecule has 4 heteroatoms. The average molecular weight is 369 g/mol. The Balaban J connectivity index is 2.21. The van der Waals surface area contributed by atoms with Crippen LogP contribution in [0.3, 0.4) is 0 Å². The zero-order chi connectivity index (χ0) is 15.6. The van der Waals surface area contributed by atoms with Crippen LogP contribution in [0.2, 0.25) is 10.0 Å². The second-order valence-electron chi connectivity index (χ2n) is 5.85. The first-order valence-electron chi connectivity index (χ1n) is 7.74. The summed E-state index contributed by atoms with van der Waals surface area (Å²) in [7, 11) is 0. The molecular weight excluding hydrogens is 350 g/mol. The molecule has 22 heavy (non-hydrogen) atoms. The fraction of sp³-hybridized carbons (Fsp3) is 0.333. The summed E-state index contributed by atoms with van der Waals surface area (Å²) in [6, 6.07) is 14.2. The van der Waals surface area contributed by atoms with E-state index in [2.05, 4.69) is 12.1 Å². The molecule has 0 bridgehead atoms. The standard InChI is InChI=1S/C18H19Cl2PS/c19-15-10-4-6-12-17(15)21(22,14-8-2-1-3-9-14)18-13-7-5-11-16(18)20/h4-7,10-14H,1-3,8-9H2. The van der Waals surface area contributed by atoms with Crippen molar-refractivity contribution < 1.29 is 0 Å². The Bertz CT molecular complexity index is 658. The lowest BCUT2D eigenvalue weighted by molar-refractivity contribution is 0.512. The van der Waals surface area contributed by atoms with Crippen molar-refractivity contribution in [1.82, 2.24) is 0 Å². The zero-order valence-electron chi connectivity index (χ0n) is 12.3. The number of hydrogen-bond acceptors (Lipinski definition) is 1. The van der Waals surface area contributed by atoms with Gasteiger partial charge in [-0.05, 0) is 30.6 Å². The first-order chi connectivity index (χ1) is 10.6. The van der Waals surface area contributed by atoms with Gasteiger partial charge in [0, 0.05) is 26.7 Å². The van der Waals surface area contributed by atoms with Crippen molar-refractivity contribution in [2.75, 3.05) is 0 Å². The van der Waals surface area contributed by atoms with Crippen molar-refractivity contribution in [3.8, 4) is 0 Å².